The van der Waals surface area contributed by atoms with E-state index in [1.54, 1.807) is 13.3 Å². The van der Waals surface area contributed by atoms with E-state index < -0.39 is 0 Å². The molecule has 0 radical (unpaired) electrons. The van der Waals surface area contributed by atoms with Crippen molar-refractivity contribution in [1.82, 2.24) is 10.3 Å². The Kier molecular flexibility index (Phi) is 8.90. The normalized spacial score (nSPS) is 11.7. The number of nitrogen functional groups attached to an aromatic ring is 1. The Hall–Kier alpha value is -4.71. The molecule has 0 aliphatic carbocycles. The molecule has 0 unspecified atom stereocenters. The number of aryl methyl sites for hydroxylation is 1. The fourth-order valence-electron chi connectivity index (χ4n) is 4.18. The van der Waals surface area contributed by atoms with E-state index in [0.717, 1.165) is 33.6 Å². The van der Waals surface area contributed by atoms with Crippen molar-refractivity contribution in [2.45, 2.75) is 27.7 Å². The van der Waals surface area contributed by atoms with Crippen LogP contribution in [-0.2, 0) is 0 Å². The van der Waals surface area contributed by atoms with Crippen molar-refractivity contribution in [3.8, 4) is 33.8 Å². The average Bonchev–Trinajstić information content (AvgIpc) is 2.94. The Labute approximate surface area is 231 Å². The van der Waals surface area contributed by atoms with Crippen LogP contribution in [0.4, 0.5) is 11.5 Å². The molecule has 1 heterocycles. The number of allylic oxidation sites excluding steroid dienone is 2. The first-order valence-corrected chi connectivity index (χ1v) is 13.0. The molecule has 0 aliphatic rings. The van der Waals surface area contributed by atoms with Gasteiger partial charge in [-0.05, 0) is 80.3 Å². The molecule has 3 aromatic carbocycles. The molecule has 6 nitrogen and oxygen atoms in total. The highest BCUT2D eigenvalue weighted by molar-refractivity contribution is 5.80. The number of hydrogen-bond donors (Lipinski definition) is 3. The first-order valence-electron chi connectivity index (χ1n) is 13.0. The minimum absolute atomic E-state index is 0.481. The molecule has 6 heteroatoms. The first-order chi connectivity index (χ1) is 18.9. The zero-order valence-electron chi connectivity index (χ0n) is 23.2. The van der Waals surface area contributed by atoms with Crippen LogP contribution in [0, 0.1) is 6.92 Å². The van der Waals surface area contributed by atoms with Gasteiger partial charge in [0.15, 0.2) is 11.5 Å². The van der Waals surface area contributed by atoms with E-state index in [9.17, 15) is 0 Å². The highest BCUT2D eigenvalue weighted by Gasteiger charge is 2.11. The topological polar surface area (TPSA) is 81.4 Å². The molecule has 200 valence electrons. The lowest BCUT2D eigenvalue weighted by atomic mass is 10.0. The van der Waals surface area contributed by atoms with E-state index in [0.29, 0.717) is 23.9 Å². The van der Waals surface area contributed by atoms with Crippen molar-refractivity contribution in [3.05, 3.63) is 108 Å². The van der Waals surface area contributed by atoms with E-state index in [4.69, 9.17) is 15.2 Å². The molecular formula is C33H36N4O2. The third kappa shape index (κ3) is 6.99. The zero-order chi connectivity index (χ0) is 27.8. The van der Waals surface area contributed by atoms with E-state index >= 15 is 0 Å². The lowest BCUT2D eigenvalue weighted by Crippen LogP contribution is -2.02. The van der Waals surface area contributed by atoms with Crippen molar-refractivity contribution in [3.63, 3.8) is 0 Å². The molecule has 0 fully saturated rings. The molecule has 0 spiro atoms. The predicted octanol–water partition coefficient (Wildman–Crippen LogP) is 7.64. The van der Waals surface area contributed by atoms with Crippen LogP contribution in [0.3, 0.4) is 0 Å². The quantitative estimate of drug-likeness (QED) is 0.199. The highest BCUT2D eigenvalue weighted by Crippen LogP contribution is 2.35. The van der Waals surface area contributed by atoms with Crippen LogP contribution in [0.5, 0.6) is 11.5 Å². The summed E-state index contributed by atoms with van der Waals surface area (Å²) in [5.41, 5.74) is 15.7. The molecule has 39 heavy (non-hydrogen) atoms. The Morgan fingerprint density at radius 1 is 0.872 bits per heavy atom. The summed E-state index contributed by atoms with van der Waals surface area (Å²) in [5.74, 6) is 1.88. The number of ether oxygens (including phenoxy) is 2. The standard InChI is InChI=1S/C33H36N4O2/c1-6-39-32-18-27(13-16-31(32)38-5)28-17-30(33(34)36-21-28)26-11-14-29(15-12-26)37-24(4)20-35-19-23(3)25-9-7-22(2)8-10-25/h7-21,35,37H,6H2,1-5H3,(H2,34,36)/b23-19+,24-20+. The molecule has 1 aromatic heterocycles. The molecule has 4 rings (SSSR count). The third-order valence-corrected chi connectivity index (χ3v) is 6.36. The van der Waals surface area contributed by atoms with Gasteiger partial charge < -0.3 is 25.8 Å². The summed E-state index contributed by atoms with van der Waals surface area (Å²) in [7, 11) is 1.64. The number of nitrogens with one attached hydrogen (secondary N) is 2. The Balaban J connectivity index is 1.46. The summed E-state index contributed by atoms with van der Waals surface area (Å²) in [6.45, 7) is 8.71. The van der Waals surface area contributed by atoms with Crippen molar-refractivity contribution >= 4 is 17.1 Å². The monoisotopic (exact) mass is 520 g/mol. The molecular weight excluding hydrogens is 484 g/mol. The Morgan fingerprint density at radius 3 is 2.28 bits per heavy atom. The van der Waals surface area contributed by atoms with Gasteiger partial charge in [0.1, 0.15) is 5.82 Å². The van der Waals surface area contributed by atoms with Crippen LogP contribution in [0.2, 0.25) is 0 Å². The average molecular weight is 521 g/mol. The lowest BCUT2D eigenvalue weighted by Gasteiger charge is -2.13. The summed E-state index contributed by atoms with van der Waals surface area (Å²) in [5, 5.41) is 6.69. The number of benzene rings is 3. The summed E-state index contributed by atoms with van der Waals surface area (Å²) < 4.78 is 11.2. The van der Waals surface area contributed by atoms with Crippen molar-refractivity contribution in [2.24, 2.45) is 0 Å². The number of anilines is 2. The maximum absolute atomic E-state index is 6.28. The second kappa shape index (κ2) is 12.7. The van der Waals surface area contributed by atoms with E-state index in [1.165, 1.54) is 16.7 Å². The first kappa shape index (κ1) is 27.3. The smallest absolute Gasteiger partial charge is 0.161 e. The number of methoxy groups -OCH3 is 1. The molecule has 0 aliphatic heterocycles. The van der Waals surface area contributed by atoms with Crippen LogP contribution < -0.4 is 25.8 Å². The van der Waals surface area contributed by atoms with Gasteiger partial charge in [-0.15, -0.1) is 0 Å². The van der Waals surface area contributed by atoms with Gasteiger partial charge in [0.05, 0.1) is 13.7 Å². The SMILES string of the molecule is CCOc1cc(-c2cnc(N)c(-c3ccc(N/C(C)=C/N/C=C(\C)c4ccc(C)cc4)cc3)c2)ccc1OC. The molecule has 0 bridgehead atoms. The van der Waals surface area contributed by atoms with Crippen LogP contribution in [0.15, 0.2) is 97.1 Å². The lowest BCUT2D eigenvalue weighted by molar-refractivity contribution is 0.311. The number of hydrogen-bond acceptors (Lipinski definition) is 6. The van der Waals surface area contributed by atoms with Crippen molar-refractivity contribution in [2.75, 3.05) is 24.8 Å². The second-order valence-electron chi connectivity index (χ2n) is 9.35. The number of nitrogens with zero attached hydrogens (tertiary/aromatic N) is 1. The maximum atomic E-state index is 6.28. The fraction of sp³-hybridized carbons (Fsp3) is 0.182. The van der Waals surface area contributed by atoms with Gasteiger partial charge >= 0.3 is 0 Å². The summed E-state index contributed by atoms with van der Waals surface area (Å²) in [6, 6.07) is 24.6. The zero-order valence-corrected chi connectivity index (χ0v) is 23.2. The fourth-order valence-corrected chi connectivity index (χ4v) is 4.18. The molecule has 4 N–H and O–H groups in total. The molecule has 0 amide bonds. The van der Waals surface area contributed by atoms with Crippen LogP contribution >= 0.6 is 0 Å². The minimum atomic E-state index is 0.481. The second-order valence-corrected chi connectivity index (χ2v) is 9.35. The number of rotatable bonds is 10. The van der Waals surface area contributed by atoms with E-state index in [-0.39, 0.29) is 0 Å². The van der Waals surface area contributed by atoms with Crippen molar-refractivity contribution in [1.29, 1.82) is 0 Å². The Morgan fingerprint density at radius 2 is 1.59 bits per heavy atom. The van der Waals surface area contributed by atoms with Gasteiger partial charge in [-0.2, -0.15) is 0 Å². The number of nitrogens with two attached hydrogens (primary N) is 1. The largest absolute Gasteiger partial charge is 0.493 e. The molecule has 4 aromatic rings. The van der Waals surface area contributed by atoms with Crippen LogP contribution in [0.25, 0.3) is 27.8 Å². The number of pyridine rings is 1. The van der Waals surface area contributed by atoms with Gasteiger partial charge in [-0.1, -0.05) is 48.0 Å². The van der Waals surface area contributed by atoms with Crippen molar-refractivity contribution < 1.29 is 9.47 Å². The maximum Gasteiger partial charge on any atom is 0.161 e. The summed E-state index contributed by atoms with van der Waals surface area (Å²) in [4.78, 5) is 4.46. The van der Waals surface area contributed by atoms with E-state index in [2.05, 4.69) is 59.8 Å². The van der Waals surface area contributed by atoms with Crippen LogP contribution in [-0.4, -0.2) is 18.7 Å². The van der Waals surface area contributed by atoms with Gasteiger partial charge in [0.2, 0.25) is 0 Å². The van der Waals surface area contributed by atoms with Gasteiger partial charge in [0.25, 0.3) is 0 Å². The Bertz CT molecular complexity index is 1470. The molecule has 0 saturated carbocycles. The number of aromatic nitrogens is 1. The molecule has 0 atom stereocenters. The van der Waals surface area contributed by atoms with Gasteiger partial charge in [0, 0.05) is 41.1 Å². The van der Waals surface area contributed by atoms with Gasteiger partial charge in [-0.3, -0.25) is 0 Å². The summed E-state index contributed by atoms with van der Waals surface area (Å²) >= 11 is 0. The molecule has 0 saturated heterocycles. The van der Waals surface area contributed by atoms with Gasteiger partial charge in [-0.25, -0.2) is 4.98 Å². The third-order valence-electron chi connectivity index (χ3n) is 6.36. The summed E-state index contributed by atoms with van der Waals surface area (Å²) in [6.07, 6.45) is 5.73. The van der Waals surface area contributed by atoms with Crippen LogP contribution in [0.1, 0.15) is 31.9 Å². The van der Waals surface area contributed by atoms with E-state index in [1.807, 2.05) is 68.7 Å². The minimum Gasteiger partial charge on any atom is -0.493 e. The highest BCUT2D eigenvalue weighted by atomic mass is 16.5. The predicted molar refractivity (Wildman–Crippen MR) is 163 cm³/mol.